The lowest BCUT2D eigenvalue weighted by Crippen LogP contribution is -2.46. The second kappa shape index (κ2) is 8.60. The number of nitriles is 1. The molecule has 1 N–H and O–H groups in total. The van der Waals surface area contributed by atoms with Gasteiger partial charge in [-0.3, -0.25) is 0 Å². The van der Waals surface area contributed by atoms with Crippen LogP contribution < -0.4 is 9.80 Å². The van der Waals surface area contributed by atoms with Gasteiger partial charge in [0.25, 0.3) is 0 Å². The van der Waals surface area contributed by atoms with E-state index in [4.69, 9.17) is 0 Å². The number of hydrogen-bond acceptors (Lipinski definition) is 4. The molecule has 2 heterocycles. The van der Waals surface area contributed by atoms with Gasteiger partial charge in [-0.05, 0) is 55.0 Å². The van der Waals surface area contributed by atoms with E-state index in [-0.39, 0.29) is 0 Å². The van der Waals surface area contributed by atoms with Gasteiger partial charge in [0.1, 0.15) is 11.9 Å². The fraction of sp³-hybridized carbons (Fsp3) is 0.185. The van der Waals surface area contributed by atoms with E-state index >= 15 is 0 Å². The topological polar surface area (TPSA) is 58.9 Å². The normalized spacial score (nSPS) is 14.6. The van der Waals surface area contributed by atoms with Crippen molar-refractivity contribution < 1.29 is 0 Å². The number of rotatable bonds is 4. The average molecular weight is 420 g/mol. The maximum absolute atomic E-state index is 9.67. The van der Waals surface area contributed by atoms with E-state index in [1.807, 2.05) is 30.3 Å². The quantitative estimate of drug-likeness (QED) is 0.458. The summed E-state index contributed by atoms with van der Waals surface area (Å²) in [5.74, 6) is 0.602. The molecule has 1 aliphatic heterocycles. The lowest BCUT2D eigenvalue weighted by atomic mass is 10.1. The number of aryl methyl sites for hydroxylation is 1. The molecule has 1 saturated heterocycles. The molecule has 0 bridgehead atoms. The molecule has 0 amide bonds. The number of nitrogens with one attached hydrogen (secondary N) is 1. The van der Waals surface area contributed by atoms with Gasteiger partial charge in [0, 0.05) is 37.6 Å². The predicted molar refractivity (Wildman–Crippen MR) is 132 cm³/mol. The monoisotopic (exact) mass is 419 g/mol. The summed E-state index contributed by atoms with van der Waals surface area (Å²) >= 11 is 0. The van der Waals surface area contributed by atoms with E-state index in [1.165, 1.54) is 16.9 Å². The van der Waals surface area contributed by atoms with E-state index in [1.54, 1.807) is 0 Å². The fourth-order valence-corrected chi connectivity index (χ4v) is 4.16. The van der Waals surface area contributed by atoms with Crippen LogP contribution in [0.5, 0.6) is 0 Å². The molecule has 0 saturated carbocycles. The number of H-pyrrole nitrogens is 1. The minimum Gasteiger partial charge on any atom is -0.368 e. The molecule has 0 spiro atoms. The lowest BCUT2D eigenvalue weighted by molar-refractivity contribution is 0.653. The number of anilines is 2. The van der Waals surface area contributed by atoms with Crippen LogP contribution in [0.25, 0.3) is 22.7 Å². The molecule has 5 rings (SSSR count). The van der Waals surface area contributed by atoms with Gasteiger partial charge in [0.2, 0.25) is 0 Å². The molecular weight excluding hydrogens is 394 g/mol. The van der Waals surface area contributed by atoms with Gasteiger partial charge >= 0.3 is 0 Å². The predicted octanol–water partition coefficient (Wildman–Crippen LogP) is 5.26. The minimum atomic E-state index is 0.528. The highest BCUT2D eigenvalue weighted by Crippen LogP contribution is 2.23. The van der Waals surface area contributed by atoms with Crippen LogP contribution in [-0.4, -0.2) is 36.1 Å². The third-order valence-electron chi connectivity index (χ3n) is 6.01. The van der Waals surface area contributed by atoms with Gasteiger partial charge in [-0.25, -0.2) is 4.98 Å². The van der Waals surface area contributed by atoms with Crippen molar-refractivity contribution in [3.05, 3.63) is 89.7 Å². The van der Waals surface area contributed by atoms with Gasteiger partial charge < -0.3 is 14.8 Å². The van der Waals surface area contributed by atoms with Crippen molar-refractivity contribution in [3.8, 4) is 6.07 Å². The van der Waals surface area contributed by atoms with E-state index in [9.17, 15) is 5.26 Å². The maximum atomic E-state index is 9.67. The third kappa shape index (κ3) is 4.08. The Labute approximate surface area is 188 Å². The molecule has 5 heteroatoms. The zero-order valence-electron chi connectivity index (χ0n) is 18.1. The molecule has 158 valence electrons. The van der Waals surface area contributed by atoms with Crippen LogP contribution in [0.1, 0.15) is 17.0 Å². The maximum Gasteiger partial charge on any atom is 0.149 e. The Kier molecular flexibility index (Phi) is 5.35. The molecule has 1 aliphatic rings. The summed E-state index contributed by atoms with van der Waals surface area (Å²) in [4.78, 5) is 12.6. The molecule has 5 nitrogen and oxygen atoms in total. The zero-order chi connectivity index (χ0) is 21.9. The number of aromatic nitrogens is 2. The van der Waals surface area contributed by atoms with Crippen molar-refractivity contribution in [1.82, 2.24) is 9.97 Å². The Bertz CT molecular complexity index is 1250. The Morgan fingerprint density at radius 2 is 1.47 bits per heavy atom. The standard InChI is InChI=1S/C27H25N5/c1-20-6-10-23(11-7-20)31-14-16-32(17-15-31)24-12-8-21(9-13-24)18-22(19-28)27-29-25-4-2-3-5-26(25)30-27/h2-13,18H,14-17H2,1H3,(H,29,30)/b22-18+. The Morgan fingerprint density at radius 1 is 0.875 bits per heavy atom. The van der Waals surface area contributed by atoms with E-state index in [2.05, 4.69) is 81.3 Å². The van der Waals surface area contributed by atoms with Crippen LogP contribution in [0, 0.1) is 18.3 Å². The van der Waals surface area contributed by atoms with Gasteiger partial charge in [0.05, 0.1) is 16.6 Å². The van der Waals surface area contributed by atoms with Gasteiger partial charge in [-0.15, -0.1) is 0 Å². The lowest BCUT2D eigenvalue weighted by Gasteiger charge is -2.37. The zero-order valence-corrected chi connectivity index (χ0v) is 18.1. The Balaban J connectivity index is 1.27. The van der Waals surface area contributed by atoms with Crippen LogP contribution in [-0.2, 0) is 0 Å². The largest absolute Gasteiger partial charge is 0.368 e. The summed E-state index contributed by atoms with van der Waals surface area (Å²) in [6.07, 6.45) is 1.89. The van der Waals surface area contributed by atoms with Crippen LogP contribution in [0.3, 0.4) is 0 Å². The number of fused-ring (bicyclic) bond motifs is 1. The average Bonchev–Trinajstić information content (AvgIpc) is 3.28. The molecule has 1 fully saturated rings. The summed E-state index contributed by atoms with van der Waals surface area (Å²) in [7, 11) is 0. The fourth-order valence-electron chi connectivity index (χ4n) is 4.16. The first-order valence-electron chi connectivity index (χ1n) is 10.9. The smallest absolute Gasteiger partial charge is 0.149 e. The highest BCUT2D eigenvalue weighted by atomic mass is 15.3. The van der Waals surface area contributed by atoms with Crippen molar-refractivity contribution in [1.29, 1.82) is 5.26 Å². The molecule has 0 aliphatic carbocycles. The number of benzene rings is 3. The van der Waals surface area contributed by atoms with E-state index < -0.39 is 0 Å². The molecule has 32 heavy (non-hydrogen) atoms. The molecular formula is C27H25N5. The molecule has 0 radical (unpaired) electrons. The second-order valence-corrected chi connectivity index (χ2v) is 8.17. The number of hydrogen-bond donors (Lipinski definition) is 1. The first-order chi connectivity index (χ1) is 15.7. The van der Waals surface area contributed by atoms with Crippen LogP contribution in [0.15, 0.2) is 72.8 Å². The summed E-state index contributed by atoms with van der Waals surface area (Å²) in [5, 5.41) is 9.67. The minimum absolute atomic E-state index is 0.528. The molecule has 0 atom stereocenters. The number of allylic oxidation sites excluding steroid dienone is 1. The van der Waals surface area contributed by atoms with Gasteiger partial charge in [-0.2, -0.15) is 5.26 Å². The first-order valence-corrected chi connectivity index (χ1v) is 10.9. The highest BCUT2D eigenvalue weighted by molar-refractivity contribution is 5.90. The molecule has 3 aromatic carbocycles. The molecule has 4 aromatic rings. The summed E-state index contributed by atoms with van der Waals surface area (Å²) in [6.45, 7) is 6.12. The Hall–Kier alpha value is -4.04. The number of nitrogens with zero attached hydrogens (tertiary/aromatic N) is 4. The van der Waals surface area contributed by atoms with Crippen molar-refractivity contribution in [2.75, 3.05) is 36.0 Å². The number of imidazole rings is 1. The van der Waals surface area contributed by atoms with Crippen LogP contribution in [0.2, 0.25) is 0 Å². The number of aromatic amines is 1. The van der Waals surface area contributed by atoms with Gasteiger partial charge in [0.15, 0.2) is 0 Å². The third-order valence-corrected chi connectivity index (χ3v) is 6.01. The van der Waals surface area contributed by atoms with Crippen molar-refractivity contribution >= 4 is 34.1 Å². The highest BCUT2D eigenvalue weighted by Gasteiger charge is 2.17. The van der Waals surface area contributed by atoms with E-state index in [0.29, 0.717) is 11.4 Å². The van der Waals surface area contributed by atoms with E-state index in [0.717, 1.165) is 42.8 Å². The van der Waals surface area contributed by atoms with Crippen LogP contribution in [0.4, 0.5) is 11.4 Å². The van der Waals surface area contributed by atoms with Crippen molar-refractivity contribution in [3.63, 3.8) is 0 Å². The number of para-hydroxylation sites is 2. The Morgan fingerprint density at radius 3 is 2.06 bits per heavy atom. The summed E-state index contributed by atoms with van der Waals surface area (Å²) in [6, 6.07) is 27.3. The van der Waals surface area contributed by atoms with Crippen molar-refractivity contribution in [2.45, 2.75) is 6.92 Å². The SMILES string of the molecule is Cc1ccc(N2CCN(c3ccc(/C=C(\C#N)c4nc5ccccc5[nH]4)cc3)CC2)cc1. The summed E-state index contributed by atoms with van der Waals surface area (Å²) < 4.78 is 0. The first kappa shape index (κ1) is 19.9. The summed E-state index contributed by atoms with van der Waals surface area (Å²) in [5.41, 5.74) is 7.12. The number of piperazine rings is 1. The molecule has 1 aromatic heterocycles. The molecule has 0 unspecified atom stereocenters. The van der Waals surface area contributed by atoms with Gasteiger partial charge in [-0.1, -0.05) is 42.0 Å². The van der Waals surface area contributed by atoms with Crippen LogP contribution >= 0.6 is 0 Å². The van der Waals surface area contributed by atoms with Crippen molar-refractivity contribution in [2.24, 2.45) is 0 Å². The second-order valence-electron chi connectivity index (χ2n) is 8.17.